The minimum atomic E-state index is -0.194. The second-order valence-corrected chi connectivity index (χ2v) is 6.26. The molecule has 1 saturated carbocycles. The monoisotopic (exact) mass is 296 g/mol. The highest BCUT2D eigenvalue weighted by atomic mass is 32.1. The van der Waals surface area contributed by atoms with Crippen LogP contribution >= 0.6 is 11.3 Å². The average Bonchev–Trinajstić information content (AvgIpc) is 2.83. The molecule has 0 atom stereocenters. The SMILES string of the molecule is Cc1nnc(NC(=O)CCC(=O)NC2CCCCC2)s1. The molecule has 1 aromatic rings. The summed E-state index contributed by atoms with van der Waals surface area (Å²) in [6.07, 6.45) is 6.14. The highest BCUT2D eigenvalue weighted by Gasteiger charge is 2.16. The molecule has 0 spiro atoms. The number of amides is 2. The van der Waals surface area contributed by atoms with Crippen LogP contribution in [0.25, 0.3) is 0 Å². The van der Waals surface area contributed by atoms with E-state index >= 15 is 0 Å². The first-order chi connectivity index (χ1) is 9.63. The Morgan fingerprint density at radius 2 is 1.85 bits per heavy atom. The summed E-state index contributed by atoms with van der Waals surface area (Å²) in [7, 11) is 0. The summed E-state index contributed by atoms with van der Waals surface area (Å²) in [6.45, 7) is 1.82. The van der Waals surface area contributed by atoms with Gasteiger partial charge in [0.1, 0.15) is 5.01 Å². The zero-order valence-corrected chi connectivity index (χ0v) is 12.5. The first-order valence-electron chi connectivity index (χ1n) is 7.03. The van der Waals surface area contributed by atoms with E-state index < -0.39 is 0 Å². The van der Waals surface area contributed by atoms with Crippen molar-refractivity contribution in [3.63, 3.8) is 0 Å². The van der Waals surface area contributed by atoms with Gasteiger partial charge in [0.2, 0.25) is 16.9 Å². The zero-order chi connectivity index (χ0) is 14.4. The van der Waals surface area contributed by atoms with Gasteiger partial charge < -0.3 is 10.6 Å². The van der Waals surface area contributed by atoms with Crippen molar-refractivity contribution in [1.29, 1.82) is 0 Å². The van der Waals surface area contributed by atoms with Gasteiger partial charge in [-0.15, -0.1) is 10.2 Å². The zero-order valence-electron chi connectivity index (χ0n) is 11.6. The molecule has 0 bridgehead atoms. The van der Waals surface area contributed by atoms with Crippen molar-refractivity contribution in [3.8, 4) is 0 Å². The molecule has 0 unspecified atom stereocenters. The normalized spacial score (nSPS) is 15.8. The molecule has 7 heteroatoms. The van der Waals surface area contributed by atoms with E-state index in [2.05, 4.69) is 20.8 Å². The molecule has 2 amide bonds. The summed E-state index contributed by atoms with van der Waals surface area (Å²) >= 11 is 1.32. The molecular formula is C13H20N4O2S. The van der Waals surface area contributed by atoms with Crippen LogP contribution < -0.4 is 10.6 Å². The van der Waals surface area contributed by atoms with Crippen LogP contribution in [-0.4, -0.2) is 28.1 Å². The molecule has 0 aliphatic heterocycles. The fourth-order valence-electron chi connectivity index (χ4n) is 2.30. The Labute approximate surface area is 122 Å². The highest BCUT2D eigenvalue weighted by molar-refractivity contribution is 7.15. The second kappa shape index (κ2) is 7.33. The molecule has 0 aromatic carbocycles. The number of aryl methyl sites for hydroxylation is 1. The van der Waals surface area contributed by atoms with E-state index in [0.717, 1.165) is 17.8 Å². The third kappa shape index (κ3) is 4.88. The van der Waals surface area contributed by atoms with Crippen LogP contribution in [0.4, 0.5) is 5.13 Å². The summed E-state index contributed by atoms with van der Waals surface area (Å²) in [5.74, 6) is -0.236. The van der Waals surface area contributed by atoms with Crippen LogP contribution in [0.15, 0.2) is 0 Å². The quantitative estimate of drug-likeness (QED) is 0.870. The van der Waals surface area contributed by atoms with Gasteiger partial charge in [-0.2, -0.15) is 0 Å². The van der Waals surface area contributed by atoms with Crippen LogP contribution in [0.1, 0.15) is 50.0 Å². The van der Waals surface area contributed by atoms with Crippen molar-refractivity contribution in [3.05, 3.63) is 5.01 Å². The van der Waals surface area contributed by atoms with Crippen LogP contribution in [-0.2, 0) is 9.59 Å². The second-order valence-electron chi connectivity index (χ2n) is 5.08. The standard InChI is InChI=1S/C13H20N4O2S/c1-9-16-17-13(20-9)15-12(19)8-7-11(18)14-10-5-3-2-4-6-10/h10H,2-8H2,1H3,(H,14,18)(H,15,17,19). The number of carbonyl (C=O) groups excluding carboxylic acids is 2. The van der Waals surface area contributed by atoms with Crippen LogP contribution in [0, 0.1) is 6.92 Å². The maximum atomic E-state index is 11.8. The average molecular weight is 296 g/mol. The lowest BCUT2D eigenvalue weighted by Gasteiger charge is -2.22. The van der Waals surface area contributed by atoms with E-state index in [0.29, 0.717) is 11.2 Å². The number of aromatic nitrogens is 2. The number of nitrogens with one attached hydrogen (secondary N) is 2. The van der Waals surface area contributed by atoms with Crippen LogP contribution in [0.5, 0.6) is 0 Å². The van der Waals surface area contributed by atoms with Gasteiger partial charge in [-0.3, -0.25) is 9.59 Å². The summed E-state index contributed by atoms with van der Waals surface area (Å²) in [6, 6.07) is 0.296. The smallest absolute Gasteiger partial charge is 0.226 e. The van der Waals surface area contributed by atoms with E-state index in [1.165, 1.54) is 30.6 Å². The molecule has 1 fully saturated rings. The van der Waals surface area contributed by atoms with Gasteiger partial charge in [-0.1, -0.05) is 30.6 Å². The fraction of sp³-hybridized carbons (Fsp3) is 0.692. The van der Waals surface area contributed by atoms with Crippen molar-refractivity contribution in [2.45, 2.75) is 57.9 Å². The largest absolute Gasteiger partial charge is 0.353 e. The van der Waals surface area contributed by atoms with Gasteiger partial charge in [0.25, 0.3) is 0 Å². The highest BCUT2D eigenvalue weighted by Crippen LogP contribution is 2.17. The minimum absolute atomic E-state index is 0.0412. The predicted molar refractivity (Wildman–Crippen MR) is 77.5 cm³/mol. The number of rotatable bonds is 5. The Hall–Kier alpha value is -1.50. The molecule has 0 radical (unpaired) electrons. The minimum Gasteiger partial charge on any atom is -0.353 e. The van der Waals surface area contributed by atoms with Crippen molar-refractivity contribution in [2.24, 2.45) is 0 Å². The molecule has 20 heavy (non-hydrogen) atoms. The van der Waals surface area contributed by atoms with Crippen LogP contribution in [0.3, 0.4) is 0 Å². The predicted octanol–water partition coefficient (Wildman–Crippen LogP) is 2.01. The first-order valence-corrected chi connectivity index (χ1v) is 7.84. The van der Waals surface area contributed by atoms with Crippen molar-refractivity contribution in [2.75, 3.05) is 5.32 Å². The Balaban J connectivity index is 1.66. The number of hydrogen-bond acceptors (Lipinski definition) is 5. The summed E-state index contributed by atoms with van der Waals surface area (Å²) in [5.41, 5.74) is 0. The molecule has 1 heterocycles. The van der Waals surface area contributed by atoms with E-state index in [1.807, 2.05) is 6.92 Å². The maximum Gasteiger partial charge on any atom is 0.226 e. The molecule has 2 N–H and O–H groups in total. The fourth-order valence-corrected chi connectivity index (χ4v) is 2.91. The van der Waals surface area contributed by atoms with Gasteiger partial charge in [0.05, 0.1) is 0 Å². The number of anilines is 1. The Morgan fingerprint density at radius 1 is 1.15 bits per heavy atom. The first kappa shape index (κ1) is 14.9. The lowest BCUT2D eigenvalue weighted by atomic mass is 9.95. The van der Waals surface area contributed by atoms with Gasteiger partial charge in [-0.25, -0.2) is 0 Å². The molecular weight excluding hydrogens is 276 g/mol. The Kier molecular flexibility index (Phi) is 5.46. The Bertz CT molecular complexity index is 469. The molecule has 0 saturated heterocycles. The third-order valence-electron chi connectivity index (χ3n) is 3.32. The van der Waals surface area contributed by atoms with Gasteiger partial charge in [0, 0.05) is 18.9 Å². The lowest BCUT2D eigenvalue weighted by Crippen LogP contribution is -2.36. The number of nitrogens with zero attached hydrogens (tertiary/aromatic N) is 2. The molecule has 6 nitrogen and oxygen atoms in total. The topological polar surface area (TPSA) is 84.0 Å². The third-order valence-corrected chi connectivity index (χ3v) is 4.08. The lowest BCUT2D eigenvalue weighted by molar-refractivity contribution is -0.125. The van der Waals surface area contributed by atoms with E-state index in [9.17, 15) is 9.59 Å². The Morgan fingerprint density at radius 3 is 2.50 bits per heavy atom. The summed E-state index contributed by atoms with van der Waals surface area (Å²) in [4.78, 5) is 23.4. The van der Waals surface area contributed by atoms with Gasteiger partial charge >= 0.3 is 0 Å². The van der Waals surface area contributed by atoms with Crippen molar-refractivity contribution in [1.82, 2.24) is 15.5 Å². The summed E-state index contributed by atoms with van der Waals surface area (Å²) < 4.78 is 0. The molecule has 110 valence electrons. The van der Waals surface area contributed by atoms with Gasteiger partial charge in [-0.05, 0) is 19.8 Å². The summed E-state index contributed by atoms with van der Waals surface area (Å²) in [5, 5.41) is 14.6. The molecule has 2 rings (SSSR count). The number of carbonyl (C=O) groups is 2. The number of hydrogen-bond donors (Lipinski definition) is 2. The molecule has 1 aliphatic carbocycles. The van der Waals surface area contributed by atoms with E-state index in [1.54, 1.807) is 0 Å². The van der Waals surface area contributed by atoms with Gasteiger partial charge in [0.15, 0.2) is 0 Å². The maximum absolute atomic E-state index is 11.8. The van der Waals surface area contributed by atoms with Crippen molar-refractivity contribution >= 4 is 28.3 Å². The van der Waals surface area contributed by atoms with E-state index in [4.69, 9.17) is 0 Å². The van der Waals surface area contributed by atoms with Crippen molar-refractivity contribution < 1.29 is 9.59 Å². The molecule has 1 aromatic heterocycles. The van der Waals surface area contributed by atoms with Crippen LogP contribution in [0.2, 0.25) is 0 Å². The van der Waals surface area contributed by atoms with E-state index in [-0.39, 0.29) is 24.7 Å². The molecule has 1 aliphatic rings.